The number of methoxy groups -OCH3 is 1. The molecule has 0 spiro atoms. The maximum atomic E-state index is 11.2. The summed E-state index contributed by atoms with van der Waals surface area (Å²) in [5.74, 6) is 1.17. The third-order valence-corrected chi connectivity index (χ3v) is 4.37. The minimum atomic E-state index is -0.480. The molecule has 2 rings (SSSR count). The highest BCUT2D eigenvalue weighted by Gasteiger charge is 2.07. The summed E-state index contributed by atoms with van der Waals surface area (Å²) in [6.45, 7) is 8.50. The third-order valence-electron chi connectivity index (χ3n) is 4.37. The van der Waals surface area contributed by atoms with Crippen LogP contribution in [0.1, 0.15) is 36.5 Å². The van der Waals surface area contributed by atoms with Gasteiger partial charge in [0.15, 0.2) is 5.96 Å². The first-order valence-electron chi connectivity index (χ1n) is 9.54. The van der Waals surface area contributed by atoms with Crippen LogP contribution in [-0.4, -0.2) is 32.3 Å². The molecule has 158 valence electrons. The smallest absolute Gasteiger partial charge is 0.411 e. The fourth-order valence-electron chi connectivity index (χ4n) is 2.64. The van der Waals surface area contributed by atoms with Crippen LogP contribution in [0, 0.1) is 6.92 Å². The van der Waals surface area contributed by atoms with Crippen LogP contribution < -0.4 is 16.0 Å². The van der Waals surface area contributed by atoms with Crippen molar-refractivity contribution in [1.29, 1.82) is 0 Å². The number of amides is 1. The van der Waals surface area contributed by atoms with E-state index in [4.69, 9.17) is 0 Å². The van der Waals surface area contributed by atoms with Crippen LogP contribution in [-0.2, 0) is 11.3 Å². The predicted molar refractivity (Wildman–Crippen MR) is 130 cm³/mol. The van der Waals surface area contributed by atoms with Crippen molar-refractivity contribution in [1.82, 2.24) is 10.6 Å². The summed E-state index contributed by atoms with van der Waals surface area (Å²) in [6, 6.07) is 16.2. The van der Waals surface area contributed by atoms with E-state index in [9.17, 15) is 4.79 Å². The van der Waals surface area contributed by atoms with Crippen LogP contribution >= 0.6 is 24.0 Å². The van der Waals surface area contributed by atoms with Crippen molar-refractivity contribution in [3.05, 3.63) is 65.2 Å². The highest BCUT2D eigenvalue weighted by molar-refractivity contribution is 14.0. The standard InChI is InChI=1S/C22H30N4O2.HI/c1-5-23-21(24-14-17(3)19-10-6-16(2)7-11-19)25-15-18-8-12-20(13-9-18)26-22(27)28-4;/h6-13,17H,5,14-15H2,1-4H3,(H,26,27)(H2,23,24,25);1H. The molecule has 0 aliphatic carbocycles. The molecule has 0 heterocycles. The quantitative estimate of drug-likeness (QED) is 0.288. The van der Waals surface area contributed by atoms with E-state index in [1.165, 1.54) is 18.2 Å². The molecule has 1 unspecified atom stereocenters. The highest BCUT2D eigenvalue weighted by Crippen LogP contribution is 2.15. The number of nitrogens with zero attached hydrogens (tertiary/aromatic N) is 1. The largest absolute Gasteiger partial charge is 0.453 e. The van der Waals surface area contributed by atoms with Crippen LogP contribution in [0.3, 0.4) is 0 Å². The van der Waals surface area contributed by atoms with Gasteiger partial charge in [-0.15, -0.1) is 24.0 Å². The number of hydrogen-bond donors (Lipinski definition) is 3. The molecular formula is C22H31IN4O2. The molecule has 0 saturated carbocycles. The lowest BCUT2D eigenvalue weighted by molar-refractivity contribution is 0.187. The second kappa shape index (κ2) is 13.0. The van der Waals surface area contributed by atoms with Crippen molar-refractivity contribution in [2.75, 3.05) is 25.5 Å². The lowest BCUT2D eigenvalue weighted by Gasteiger charge is -2.16. The molecule has 2 aromatic carbocycles. The summed E-state index contributed by atoms with van der Waals surface area (Å²) in [4.78, 5) is 15.9. The fourth-order valence-corrected chi connectivity index (χ4v) is 2.64. The average Bonchev–Trinajstić information content (AvgIpc) is 2.71. The van der Waals surface area contributed by atoms with Crippen LogP contribution in [0.15, 0.2) is 53.5 Å². The zero-order chi connectivity index (χ0) is 20.4. The molecule has 7 heteroatoms. The van der Waals surface area contributed by atoms with Gasteiger partial charge in [-0.25, -0.2) is 9.79 Å². The predicted octanol–water partition coefficient (Wildman–Crippen LogP) is 4.65. The van der Waals surface area contributed by atoms with Gasteiger partial charge in [-0.05, 0) is 43.0 Å². The zero-order valence-corrected chi connectivity index (χ0v) is 19.8. The summed E-state index contributed by atoms with van der Waals surface area (Å²) in [7, 11) is 1.34. The Labute approximate surface area is 190 Å². The molecule has 1 atom stereocenters. The van der Waals surface area contributed by atoms with Gasteiger partial charge in [0.2, 0.25) is 0 Å². The van der Waals surface area contributed by atoms with Crippen LogP contribution in [0.25, 0.3) is 0 Å². The maximum absolute atomic E-state index is 11.2. The number of ether oxygens (including phenoxy) is 1. The van der Waals surface area contributed by atoms with Crippen molar-refractivity contribution < 1.29 is 9.53 Å². The number of nitrogens with one attached hydrogen (secondary N) is 3. The Balaban J connectivity index is 0.00000420. The Hall–Kier alpha value is -2.29. The van der Waals surface area contributed by atoms with E-state index in [0.29, 0.717) is 18.2 Å². The number of benzene rings is 2. The van der Waals surface area contributed by atoms with E-state index < -0.39 is 6.09 Å². The summed E-state index contributed by atoms with van der Waals surface area (Å²) >= 11 is 0. The molecule has 0 aliphatic rings. The molecule has 0 radical (unpaired) electrons. The summed E-state index contributed by atoms with van der Waals surface area (Å²) < 4.78 is 4.59. The van der Waals surface area contributed by atoms with Gasteiger partial charge in [-0.3, -0.25) is 5.32 Å². The minimum absolute atomic E-state index is 0. The maximum Gasteiger partial charge on any atom is 0.411 e. The van der Waals surface area contributed by atoms with Gasteiger partial charge in [-0.1, -0.05) is 48.9 Å². The van der Waals surface area contributed by atoms with Gasteiger partial charge < -0.3 is 15.4 Å². The first-order chi connectivity index (χ1) is 13.5. The number of carbonyl (C=O) groups is 1. The van der Waals surface area contributed by atoms with Crippen molar-refractivity contribution in [3.8, 4) is 0 Å². The van der Waals surface area contributed by atoms with Gasteiger partial charge in [0, 0.05) is 18.8 Å². The lowest BCUT2D eigenvalue weighted by Crippen LogP contribution is -2.39. The Morgan fingerprint density at radius 2 is 1.72 bits per heavy atom. The van der Waals surface area contributed by atoms with Gasteiger partial charge in [0.1, 0.15) is 0 Å². The van der Waals surface area contributed by atoms with E-state index >= 15 is 0 Å². The van der Waals surface area contributed by atoms with Crippen molar-refractivity contribution in [2.24, 2.45) is 4.99 Å². The normalized spacial score (nSPS) is 11.8. The van der Waals surface area contributed by atoms with Crippen molar-refractivity contribution >= 4 is 41.7 Å². The van der Waals surface area contributed by atoms with E-state index in [-0.39, 0.29) is 24.0 Å². The molecule has 1 amide bonds. The molecule has 0 aliphatic heterocycles. The van der Waals surface area contributed by atoms with Gasteiger partial charge >= 0.3 is 6.09 Å². The molecular weight excluding hydrogens is 479 g/mol. The number of halogens is 1. The molecule has 3 N–H and O–H groups in total. The number of aliphatic imine (C=N–C) groups is 1. The molecule has 29 heavy (non-hydrogen) atoms. The Morgan fingerprint density at radius 3 is 2.31 bits per heavy atom. The zero-order valence-electron chi connectivity index (χ0n) is 17.5. The average molecular weight is 510 g/mol. The van der Waals surface area contributed by atoms with E-state index in [1.807, 2.05) is 31.2 Å². The number of guanidine groups is 1. The van der Waals surface area contributed by atoms with Crippen LogP contribution in [0.4, 0.5) is 10.5 Å². The Bertz CT molecular complexity index is 776. The lowest BCUT2D eigenvalue weighted by atomic mass is 10.0. The molecule has 0 bridgehead atoms. The second-order valence-electron chi connectivity index (χ2n) is 6.70. The van der Waals surface area contributed by atoms with E-state index in [2.05, 4.69) is 63.8 Å². The third kappa shape index (κ3) is 8.72. The van der Waals surface area contributed by atoms with E-state index in [0.717, 1.165) is 24.6 Å². The number of carbonyl (C=O) groups excluding carboxylic acids is 1. The monoisotopic (exact) mass is 510 g/mol. The van der Waals surface area contributed by atoms with Gasteiger partial charge in [-0.2, -0.15) is 0 Å². The Kier molecular flexibility index (Phi) is 11.1. The molecule has 6 nitrogen and oxygen atoms in total. The van der Waals surface area contributed by atoms with E-state index in [1.54, 1.807) is 0 Å². The summed E-state index contributed by atoms with van der Waals surface area (Å²) in [5, 5.41) is 9.33. The highest BCUT2D eigenvalue weighted by atomic mass is 127. The van der Waals surface area contributed by atoms with Crippen LogP contribution in [0.5, 0.6) is 0 Å². The van der Waals surface area contributed by atoms with Crippen molar-refractivity contribution in [3.63, 3.8) is 0 Å². The number of anilines is 1. The first-order valence-corrected chi connectivity index (χ1v) is 9.54. The van der Waals surface area contributed by atoms with Gasteiger partial charge in [0.05, 0.1) is 13.7 Å². The topological polar surface area (TPSA) is 74.8 Å². The van der Waals surface area contributed by atoms with Crippen molar-refractivity contribution in [2.45, 2.75) is 33.2 Å². The molecule has 2 aromatic rings. The van der Waals surface area contributed by atoms with Gasteiger partial charge in [0.25, 0.3) is 0 Å². The molecule has 0 fully saturated rings. The summed E-state index contributed by atoms with van der Waals surface area (Å²) in [5.41, 5.74) is 4.32. The number of rotatable bonds is 7. The minimum Gasteiger partial charge on any atom is -0.453 e. The Morgan fingerprint density at radius 1 is 1.07 bits per heavy atom. The molecule has 0 aromatic heterocycles. The second-order valence-corrected chi connectivity index (χ2v) is 6.70. The molecule has 0 saturated heterocycles. The fraction of sp³-hybridized carbons (Fsp3) is 0.364. The number of hydrogen-bond acceptors (Lipinski definition) is 3. The first kappa shape index (κ1) is 24.7. The van der Waals surface area contributed by atoms with Crippen LogP contribution in [0.2, 0.25) is 0 Å². The number of aryl methyl sites for hydroxylation is 1. The SMILES string of the molecule is CCNC(=NCc1ccc(NC(=O)OC)cc1)NCC(C)c1ccc(C)cc1.I. The summed E-state index contributed by atoms with van der Waals surface area (Å²) in [6.07, 6.45) is -0.480.